The molecule has 0 saturated carbocycles. The molecule has 6 nitrogen and oxygen atoms in total. The average Bonchev–Trinajstić information content (AvgIpc) is 3.07. The highest BCUT2D eigenvalue weighted by Crippen LogP contribution is 2.31. The topological polar surface area (TPSA) is 78.5 Å². The molecule has 1 aliphatic rings. The van der Waals surface area contributed by atoms with Gasteiger partial charge in [0.2, 0.25) is 0 Å². The van der Waals surface area contributed by atoms with Crippen molar-refractivity contribution in [3.63, 3.8) is 0 Å². The summed E-state index contributed by atoms with van der Waals surface area (Å²) in [5.74, 6) is -1.52. The molecule has 2 N–H and O–H groups in total. The number of imide groups is 1. The van der Waals surface area contributed by atoms with Crippen molar-refractivity contribution in [1.29, 1.82) is 0 Å². The molecule has 0 fully saturated rings. The third-order valence-corrected chi connectivity index (χ3v) is 6.13. The van der Waals surface area contributed by atoms with Crippen LogP contribution < -0.4 is 15.5 Å². The van der Waals surface area contributed by atoms with Crippen molar-refractivity contribution in [3.05, 3.63) is 112 Å². The quantitative estimate of drug-likeness (QED) is 0.320. The van der Waals surface area contributed by atoms with Crippen LogP contribution in [-0.2, 0) is 9.59 Å². The van der Waals surface area contributed by atoms with Gasteiger partial charge in [-0.1, -0.05) is 65.7 Å². The van der Waals surface area contributed by atoms with Crippen LogP contribution >= 0.6 is 23.2 Å². The first-order valence-corrected chi connectivity index (χ1v) is 11.4. The van der Waals surface area contributed by atoms with Crippen LogP contribution in [0.2, 0.25) is 5.02 Å². The second-order valence-corrected chi connectivity index (χ2v) is 8.61. The smallest absolute Gasteiger partial charge is 0.283 e. The maximum absolute atomic E-state index is 12.9. The van der Waals surface area contributed by atoms with Gasteiger partial charge in [-0.2, -0.15) is 0 Å². The van der Waals surface area contributed by atoms with Gasteiger partial charge in [-0.05, 0) is 53.9 Å². The lowest BCUT2D eigenvalue weighted by atomic mass is 10.1. The van der Waals surface area contributed by atoms with Gasteiger partial charge in [-0.25, -0.2) is 4.90 Å². The van der Waals surface area contributed by atoms with E-state index in [1.807, 2.05) is 42.5 Å². The van der Waals surface area contributed by atoms with E-state index in [4.69, 9.17) is 23.2 Å². The highest BCUT2D eigenvalue weighted by Gasteiger charge is 2.39. The number of amides is 3. The summed E-state index contributed by atoms with van der Waals surface area (Å²) < 4.78 is 0. The Morgan fingerprint density at radius 1 is 0.771 bits per heavy atom. The minimum atomic E-state index is -0.646. The minimum Gasteiger partial charge on any atom is -0.350 e. The molecule has 4 aromatic rings. The second kappa shape index (κ2) is 9.25. The first-order valence-electron chi connectivity index (χ1n) is 10.6. The van der Waals surface area contributed by atoms with Gasteiger partial charge in [0, 0.05) is 27.3 Å². The zero-order valence-corrected chi connectivity index (χ0v) is 19.6. The zero-order chi connectivity index (χ0) is 24.5. The molecule has 0 aliphatic carbocycles. The molecule has 0 bridgehead atoms. The summed E-state index contributed by atoms with van der Waals surface area (Å²) in [7, 11) is 0. The number of fused-ring (bicyclic) bond motifs is 1. The van der Waals surface area contributed by atoms with Crippen LogP contribution in [0.1, 0.15) is 10.4 Å². The Balaban J connectivity index is 1.32. The summed E-state index contributed by atoms with van der Waals surface area (Å²) in [5, 5.41) is 7.96. The second-order valence-electron chi connectivity index (χ2n) is 7.80. The summed E-state index contributed by atoms with van der Waals surface area (Å²) >= 11 is 12.2. The van der Waals surface area contributed by atoms with Gasteiger partial charge in [0.05, 0.1) is 5.69 Å². The average molecular weight is 502 g/mol. The Hall–Kier alpha value is -4.13. The van der Waals surface area contributed by atoms with Crippen molar-refractivity contribution in [1.82, 2.24) is 0 Å². The summed E-state index contributed by atoms with van der Waals surface area (Å²) in [4.78, 5) is 39.3. The van der Waals surface area contributed by atoms with E-state index in [0.29, 0.717) is 27.6 Å². The molecule has 0 unspecified atom stereocenters. The number of hydrogen-bond donors (Lipinski definition) is 2. The normalized spacial score (nSPS) is 13.5. The third kappa shape index (κ3) is 4.37. The van der Waals surface area contributed by atoms with Crippen molar-refractivity contribution in [2.75, 3.05) is 15.5 Å². The van der Waals surface area contributed by atoms with Gasteiger partial charge >= 0.3 is 0 Å². The lowest BCUT2D eigenvalue weighted by molar-refractivity contribution is -0.120. The van der Waals surface area contributed by atoms with Crippen LogP contribution in [0, 0.1) is 0 Å². The highest BCUT2D eigenvalue weighted by atomic mass is 35.5. The van der Waals surface area contributed by atoms with E-state index in [1.165, 1.54) is 6.07 Å². The lowest BCUT2D eigenvalue weighted by Gasteiger charge is -2.15. The molecule has 1 heterocycles. The van der Waals surface area contributed by atoms with E-state index >= 15 is 0 Å². The zero-order valence-electron chi connectivity index (χ0n) is 18.1. The van der Waals surface area contributed by atoms with E-state index < -0.39 is 11.8 Å². The standard InChI is InChI=1S/C27H17Cl2N3O3/c28-18-7-4-8-20(15-18)32-26(34)23(29)24(27(32)35)30-19-13-11-17(12-14-19)25(33)31-22-10-3-6-16-5-1-2-9-21(16)22/h1-15,30H,(H,31,33). The van der Waals surface area contributed by atoms with Crippen LogP contribution in [-0.4, -0.2) is 17.7 Å². The van der Waals surface area contributed by atoms with E-state index in [-0.39, 0.29) is 16.6 Å². The predicted molar refractivity (Wildman–Crippen MR) is 139 cm³/mol. The number of anilines is 3. The lowest BCUT2D eigenvalue weighted by Crippen LogP contribution is -2.32. The number of carbonyl (C=O) groups excluding carboxylic acids is 3. The van der Waals surface area contributed by atoms with Gasteiger partial charge in [0.1, 0.15) is 10.7 Å². The number of carbonyl (C=O) groups is 3. The third-order valence-electron chi connectivity index (χ3n) is 5.55. The Morgan fingerprint density at radius 2 is 1.49 bits per heavy atom. The van der Waals surface area contributed by atoms with Gasteiger partial charge in [-0.15, -0.1) is 0 Å². The van der Waals surface area contributed by atoms with Gasteiger partial charge in [-0.3, -0.25) is 14.4 Å². The van der Waals surface area contributed by atoms with Crippen molar-refractivity contribution in [3.8, 4) is 0 Å². The van der Waals surface area contributed by atoms with E-state index in [1.54, 1.807) is 42.5 Å². The molecule has 0 radical (unpaired) electrons. The number of rotatable bonds is 5. The summed E-state index contributed by atoms with van der Waals surface area (Å²) in [6, 6.07) is 26.4. The Kier molecular flexibility index (Phi) is 5.99. The molecule has 0 aromatic heterocycles. The fraction of sp³-hybridized carbons (Fsp3) is 0. The predicted octanol–water partition coefficient (Wildman–Crippen LogP) is 6.18. The molecule has 35 heavy (non-hydrogen) atoms. The first-order chi connectivity index (χ1) is 16.9. The molecule has 5 rings (SSSR count). The van der Waals surface area contributed by atoms with Crippen LogP contribution in [0.4, 0.5) is 17.1 Å². The fourth-order valence-electron chi connectivity index (χ4n) is 3.84. The Labute approximate surface area is 210 Å². The van der Waals surface area contributed by atoms with E-state index in [9.17, 15) is 14.4 Å². The van der Waals surface area contributed by atoms with Crippen molar-refractivity contribution in [2.45, 2.75) is 0 Å². The van der Waals surface area contributed by atoms with Crippen molar-refractivity contribution < 1.29 is 14.4 Å². The number of benzene rings is 4. The Bertz CT molecular complexity index is 1530. The van der Waals surface area contributed by atoms with Crippen LogP contribution in [0.25, 0.3) is 10.8 Å². The van der Waals surface area contributed by atoms with Crippen LogP contribution in [0.5, 0.6) is 0 Å². The maximum Gasteiger partial charge on any atom is 0.283 e. The maximum atomic E-state index is 12.9. The van der Waals surface area contributed by atoms with Gasteiger partial charge in [0.25, 0.3) is 17.7 Å². The molecular weight excluding hydrogens is 485 g/mol. The van der Waals surface area contributed by atoms with Gasteiger partial charge in [0.15, 0.2) is 0 Å². The van der Waals surface area contributed by atoms with Gasteiger partial charge < -0.3 is 10.6 Å². The Morgan fingerprint density at radius 3 is 2.26 bits per heavy atom. The summed E-state index contributed by atoms with van der Waals surface area (Å²) in [5.41, 5.74) is 1.91. The molecule has 0 atom stereocenters. The monoisotopic (exact) mass is 501 g/mol. The molecule has 3 amide bonds. The first kappa shape index (κ1) is 22.7. The van der Waals surface area contributed by atoms with Crippen LogP contribution in [0.3, 0.4) is 0 Å². The van der Waals surface area contributed by atoms with E-state index in [0.717, 1.165) is 15.7 Å². The molecule has 4 aromatic carbocycles. The summed E-state index contributed by atoms with van der Waals surface area (Å²) in [6.07, 6.45) is 0. The molecule has 8 heteroatoms. The fourth-order valence-corrected chi connectivity index (χ4v) is 4.24. The van der Waals surface area contributed by atoms with E-state index in [2.05, 4.69) is 10.6 Å². The number of nitrogens with zero attached hydrogens (tertiary/aromatic N) is 1. The number of halogens is 2. The SMILES string of the molecule is O=C(Nc1cccc2ccccc12)c1ccc(NC2=C(Cl)C(=O)N(c3cccc(Cl)c3)C2=O)cc1. The molecule has 0 spiro atoms. The molecule has 0 saturated heterocycles. The highest BCUT2D eigenvalue weighted by molar-refractivity contribution is 6.53. The largest absolute Gasteiger partial charge is 0.350 e. The molecular formula is C27H17Cl2N3O3. The number of nitrogens with one attached hydrogen (secondary N) is 2. The van der Waals surface area contributed by atoms with Crippen molar-refractivity contribution >= 4 is 68.8 Å². The number of hydrogen-bond acceptors (Lipinski definition) is 4. The summed E-state index contributed by atoms with van der Waals surface area (Å²) in [6.45, 7) is 0. The molecule has 172 valence electrons. The van der Waals surface area contributed by atoms with Crippen molar-refractivity contribution in [2.24, 2.45) is 0 Å². The minimum absolute atomic E-state index is 0.0513. The molecule has 1 aliphatic heterocycles. The van der Waals surface area contributed by atoms with Crippen LogP contribution in [0.15, 0.2) is 102 Å².